The molecule has 0 atom stereocenters. The first-order valence-corrected chi connectivity index (χ1v) is 34.3. The summed E-state index contributed by atoms with van der Waals surface area (Å²) in [5.41, 5.74) is 33.3. The summed E-state index contributed by atoms with van der Waals surface area (Å²) in [5, 5.41) is 0. The normalized spacial score (nSPS) is 16.3. The van der Waals surface area contributed by atoms with E-state index in [1.807, 2.05) is 0 Å². The van der Waals surface area contributed by atoms with Gasteiger partial charge >= 0.3 is 0 Å². The van der Waals surface area contributed by atoms with Crippen LogP contribution in [0.15, 0.2) is 200 Å². The maximum atomic E-state index is 2.73. The molecule has 0 unspecified atom stereocenters. The Kier molecular flexibility index (Phi) is 13.9. The van der Waals surface area contributed by atoms with E-state index in [9.17, 15) is 0 Å². The minimum Gasteiger partial charge on any atom is -0.311 e. The smallest absolute Gasteiger partial charge is 0.252 e. The number of fused-ring (bicyclic) bond motifs is 8. The van der Waals surface area contributed by atoms with E-state index in [1.165, 1.54) is 134 Å². The van der Waals surface area contributed by atoms with Gasteiger partial charge < -0.3 is 14.7 Å². The van der Waals surface area contributed by atoms with E-state index in [0.29, 0.717) is 0 Å². The molecule has 2 aliphatic carbocycles. The molecule has 0 aromatic heterocycles. The highest BCUT2D eigenvalue weighted by Crippen LogP contribution is 2.57. The lowest BCUT2D eigenvalue weighted by Gasteiger charge is -2.49. The van der Waals surface area contributed by atoms with Crippen LogP contribution in [0.25, 0.3) is 11.1 Å². The van der Waals surface area contributed by atoms with E-state index in [4.69, 9.17) is 0 Å². The van der Waals surface area contributed by atoms with Crippen LogP contribution in [-0.4, -0.2) is 6.71 Å². The Morgan fingerprint density at radius 1 is 0.301 bits per heavy atom. The molecule has 0 saturated carbocycles. The third-order valence-corrected chi connectivity index (χ3v) is 22.3. The zero-order valence-corrected chi connectivity index (χ0v) is 59.5. The van der Waals surface area contributed by atoms with Crippen LogP contribution in [0, 0.1) is 6.92 Å². The average molecular weight is 1220 g/mol. The SMILES string of the molecule is Cc1cc2c(cc1N1c3cc(N(c4ccc(C(C)(C)C)cc4)c4ccc(C(C)(C)C)cc4)ccc3B3c4cc5c(cc4N(c4ccc(C(C)(C)C)cc4-c4ccccc4)c4cc(C(C)(C)C)cc1c43)C(C)(C)c1ccccc1C5(C)C)C(C)(C)c1ccccc1C2(C)C. The van der Waals surface area contributed by atoms with E-state index in [2.05, 4.69) is 360 Å². The molecule has 4 aliphatic rings. The van der Waals surface area contributed by atoms with Crippen molar-refractivity contribution < 1.29 is 0 Å². The lowest BCUT2D eigenvalue weighted by atomic mass is 9.33. The van der Waals surface area contributed by atoms with Crippen molar-refractivity contribution >= 4 is 74.3 Å². The molecule has 0 saturated heterocycles. The molecule has 0 fully saturated rings. The molecular formula is C89H96BN3. The second kappa shape index (κ2) is 20.8. The summed E-state index contributed by atoms with van der Waals surface area (Å²) < 4.78 is 0. The van der Waals surface area contributed by atoms with Crippen molar-refractivity contribution in [1.82, 2.24) is 0 Å². The molecule has 10 aromatic carbocycles. The first-order valence-electron chi connectivity index (χ1n) is 34.3. The second-order valence-corrected chi connectivity index (χ2v) is 34.0. The van der Waals surface area contributed by atoms with Crippen LogP contribution in [0.4, 0.5) is 51.2 Å². The fourth-order valence-corrected chi connectivity index (χ4v) is 16.6. The summed E-state index contributed by atoms with van der Waals surface area (Å²) in [4.78, 5) is 7.97. The van der Waals surface area contributed by atoms with Crippen molar-refractivity contribution in [3.8, 4) is 11.1 Å². The Balaban J connectivity index is 1.13. The van der Waals surface area contributed by atoms with Crippen molar-refractivity contribution in [2.45, 2.75) is 189 Å². The first kappa shape index (κ1) is 62.1. The van der Waals surface area contributed by atoms with Crippen LogP contribution in [0.5, 0.6) is 0 Å². The van der Waals surface area contributed by atoms with Crippen LogP contribution in [0.1, 0.15) is 211 Å². The zero-order valence-electron chi connectivity index (χ0n) is 59.5. The van der Waals surface area contributed by atoms with Crippen LogP contribution in [-0.2, 0) is 43.3 Å². The molecule has 3 nitrogen and oxygen atoms in total. The van der Waals surface area contributed by atoms with Gasteiger partial charge in [-0.1, -0.05) is 266 Å². The number of nitrogens with zero attached hydrogens (tertiary/aromatic N) is 3. The van der Waals surface area contributed by atoms with Crippen LogP contribution in [0.3, 0.4) is 0 Å². The van der Waals surface area contributed by atoms with E-state index < -0.39 is 0 Å². The maximum Gasteiger partial charge on any atom is 0.252 e. The van der Waals surface area contributed by atoms with Crippen LogP contribution < -0.4 is 31.1 Å². The molecule has 10 aromatic rings. The average Bonchev–Trinajstić information content (AvgIpc) is 0.684. The number of anilines is 9. The van der Waals surface area contributed by atoms with Gasteiger partial charge in [0.05, 0.1) is 5.69 Å². The largest absolute Gasteiger partial charge is 0.311 e. The van der Waals surface area contributed by atoms with Gasteiger partial charge in [-0.3, -0.25) is 0 Å². The van der Waals surface area contributed by atoms with Crippen LogP contribution >= 0.6 is 0 Å². The van der Waals surface area contributed by atoms with Gasteiger partial charge in [-0.15, -0.1) is 0 Å². The van der Waals surface area contributed by atoms with Gasteiger partial charge in [0.1, 0.15) is 0 Å². The summed E-state index contributed by atoms with van der Waals surface area (Å²) in [6.07, 6.45) is 0. The molecule has 93 heavy (non-hydrogen) atoms. The van der Waals surface area contributed by atoms with Gasteiger partial charge in [-0.2, -0.15) is 0 Å². The van der Waals surface area contributed by atoms with Gasteiger partial charge in [-0.25, -0.2) is 0 Å². The summed E-state index contributed by atoms with van der Waals surface area (Å²) in [6, 6.07) is 79.0. The lowest BCUT2D eigenvalue weighted by molar-refractivity contribution is 0.520. The third kappa shape index (κ3) is 9.71. The van der Waals surface area contributed by atoms with E-state index in [1.54, 1.807) is 0 Å². The van der Waals surface area contributed by atoms with Crippen molar-refractivity contribution in [3.05, 3.63) is 273 Å². The second-order valence-electron chi connectivity index (χ2n) is 34.0. The fourth-order valence-electron chi connectivity index (χ4n) is 16.6. The quantitative estimate of drug-likeness (QED) is 0.154. The number of hydrogen-bond acceptors (Lipinski definition) is 3. The van der Waals surface area contributed by atoms with E-state index in [-0.39, 0.29) is 50.0 Å². The molecule has 0 spiro atoms. The molecule has 0 radical (unpaired) electrons. The highest BCUT2D eigenvalue weighted by molar-refractivity contribution is 7.00. The first-order chi connectivity index (χ1) is 43.6. The van der Waals surface area contributed by atoms with Crippen molar-refractivity contribution in [3.63, 3.8) is 0 Å². The molecule has 14 rings (SSSR count). The molecule has 2 heterocycles. The van der Waals surface area contributed by atoms with Gasteiger partial charge in [0.25, 0.3) is 6.71 Å². The minimum absolute atomic E-state index is 0.000751. The Bertz CT molecular complexity index is 4600. The van der Waals surface area contributed by atoms with Crippen molar-refractivity contribution in [2.24, 2.45) is 0 Å². The lowest BCUT2D eigenvalue weighted by Crippen LogP contribution is -2.62. The van der Waals surface area contributed by atoms with Crippen molar-refractivity contribution in [1.29, 1.82) is 0 Å². The molecule has 2 aliphatic heterocycles. The minimum atomic E-state index is -0.290. The van der Waals surface area contributed by atoms with E-state index in [0.717, 1.165) is 17.1 Å². The highest BCUT2D eigenvalue weighted by Gasteiger charge is 2.50. The topological polar surface area (TPSA) is 9.72 Å². The monoisotopic (exact) mass is 1220 g/mol. The summed E-state index contributed by atoms with van der Waals surface area (Å²) in [7, 11) is 0. The molecule has 4 heteroatoms. The Hall–Kier alpha value is -8.34. The molecule has 470 valence electrons. The molecular weight excluding hydrogens is 1120 g/mol. The number of hydrogen-bond donors (Lipinski definition) is 0. The standard InChI is InChI=1S/C89H96BN3/c1-55-47-69-71(88(18,19)67-33-27-25-31-65(67)86(69,14)15)53-76(55)93-77-51-63(91(61-40-35-57(36-41-61)82(2,3)4)62-42-37-58(38-43-62)83(5,6)7)44-45-73(77)90-74-52-70-72(89(20,21)68-34-28-26-32-66(68)87(70,16)17)54-78(74)92(79-49-60(85(11,12)13)50-80(93)81(79)90)75-46-39-59(84(8,9)10)48-64(75)56-29-23-22-24-30-56/h22-54H,1-21H3. The Morgan fingerprint density at radius 2 is 0.688 bits per heavy atom. The zero-order chi connectivity index (χ0) is 66.2. The predicted octanol–water partition coefficient (Wildman–Crippen LogP) is 22.3. The predicted molar refractivity (Wildman–Crippen MR) is 402 cm³/mol. The number of aryl methyl sites for hydroxylation is 1. The molecule has 0 N–H and O–H groups in total. The van der Waals surface area contributed by atoms with E-state index >= 15 is 0 Å². The van der Waals surface area contributed by atoms with Crippen LogP contribution in [0.2, 0.25) is 0 Å². The Labute approximate surface area is 558 Å². The fraction of sp³-hybridized carbons (Fsp3) is 0.326. The summed E-state index contributed by atoms with van der Waals surface area (Å²) in [5.74, 6) is 0. The number of rotatable bonds is 6. The Morgan fingerprint density at radius 3 is 1.15 bits per heavy atom. The van der Waals surface area contributed by atoms with Gasteiger partial charge in [0, 0.05) is 72.7 Å². The van der Waals surface area contributed by atoms with Gasteiger partial charge in [-0.05, 0) is 196 Å². The number of benzene rings is 10. The van der Waals surface area contributed by atoms with Crippen molar-refractivity contribution in [2.75, 3.05) is 14.7 Å². The maximum absolute atomic E-state index is 2.73. The molecule has 0 amide bonds. The van der Waals surface area contributed by atoms with Gasteiger partial charge in [0.2, 0.25) is 0 Å². The summed E-state index contributed by atoms with van der Waals surface area (Å²) in [6.45, 7) is 50.0. The molecule has 0 bridgehead atoms. The van der Waals surface area contributed by atoms with Gasteiger partial charge in [0.15, 0.2) is 0 Å². The summed E-state index contributed by atoms with van der Waals surface area (Å²) >= 11 is 0. The third-order valence-electron chi connectivity index (χ3n) is 22.3. The highest BCUT2D eigenvalue weighted by atomic mass is 15.2.